The maximum Gasteiger partial charge on any atom is 0.256 e. The first-order chi connectivity index (χ1) is 16.3. The molecule has 0 aliphatic heterocycles. The van der Waals surface area contributed by atoms with Crippen molar-refractivity contribution in [1.82, 2.24) is 5.32 Å². The van der Waals surface area contributed by atoms with Crippen LogP contribution in [0.3, 0.4) is 0 Å². The molecular weight excluding hydrogens is 489 g/mol. The molecule has 0 spiro atoms. The number of benzene rings is 3. The van der Waals surface area contributed by atoms with Crippen LogP contribution in [0, 0.1) is 6.92 Å². The average Bonchev–Trinajstić information content (AvgIpc) is 3.16. The first kappa shape index (κ1) is 23.8. The topological polar surface area (TPSA) is 84.2 Å². The number of amides is 1. The highest BCUT2D eigenvalue weighted by atomic mass is 35.5. The molecule has 0 fully saturated rings. The minimum Gasteiger partial charge on any atom is -0.397 e. The molecule has 0 radical (unpaired) electrons. The second-order valence-corrected chi connectivity index (χ2v) is 9.50. The van der Waals surface area contributed by atoms with Crippen LogP contribution >= 0.6 is 34.5 Å². The number of aryl methyl sites for hydroxylation is 1. The fraction of sp³-hybridized carbons (Fsp3) is 0.0769. The van der Waals surface area contributed by atoms with Crippen LogP contribution in [-0.2, 0) is 6.54 Å². The molecule has 5 nitrogen and oxygen atoms in total. The molecule has 4 aromatic rings. The van der Waals surface area contributed by atoms with Gasteiger partial charge in [0.05, 0.1) is 21.3 Å². The van der Waals surface area contributed by atoms with Gasteiger partial charge in [-0.1, -0.05) is 83.4 Å². The lowest BCUT2D eigenvalue weighted by molar-refractivity contribution is 0.0953. The van der Waals surface area contributed by atoms with E-state index < -0.39 is 0 Å². The third-order valence-corrected chi connectivity index (χ3v) is 7.02. The Hall–Kier alpha value is -3.32. The third kappa shape index (κ3) is 5.25. The number of hydrogen-bond acceptors (Lipinski definition) is 5. The Balaban J connectivity index is 1.68. The van der Waals surface area contributed by atoms with Crippen molar-refractivity contribution in [3.8, 4) is 0 Å². The van der Waals surface area contributed by atoms with Crippen LogP contribution in [0.5, 0.6) is 0 Å². The zero-order chi connectivity index (χ0) is 24.2. The lowest BCUT2D eigenvalue weighted by Crippen LogP contribution is -2.24. The van der Waals surface area contributed by atoms with E-state index in [9.17, 15) is 9.59 Å². The van der Waals surface area contributed by atoms with Crippen molar-refractivity contribution in [2.45, 2.75) is 13.5 Å². The Morgan fingerprint density at radius 3 is 2.32 bits per heavy atom. The molecule has 0 aliphatic carbocycles. The summed E-state index contributed by atoms with van der Waals surface area (Å²) >= 11 is 13.3. The van der Waals surface area contributed by atoms with Gasteiger partial charge in [0.25, 0.3) is 5.91 Å². The normalized spacial score (nSPS) is 10.7. The van der Waals surface area contributed by atoms with Crippen LogP contribution < -0.4 is 16.4 Å². The SMILES string of the molecule is Cc1ccc(CNC(=O)c2c(Nc3ccc(Cl)c(Cl)c3)sc(C(=O)c3ccccc3)c2N)cc1. The van der Waals surface area contributed by atoms with Crippen LogP contribution in [0.1, 0.15) is 36.7 Å². The number of carbonyl (C=O) groups excluding carboxylic acids is 2. The zero-order valence-corrected chi connectivity index (χ0v) is 20.5. The molecular formula is C26H21Cl2N3O2S. The number of rotatable bonds is 7. The fourth-order valence-corrected chi connectivity index (χ4v) is 4.73. The van der Waals surface area contributed by atoms with Crippen LogP contribution in [-0.4, -0.2) is 11.7 Å². The average molecular weight is 510 g/mol. The number of anilines is 3. The number of nitrogens with two attached hydrogens (primary N) is 1. The van der Waals surface area contributed by atoms with Crippen molar-refractivity contribution in [3.63, 3.8) is 0 Å². The summed E-state index contributed by atoms with van der Waals surface area (Å²) in [6.45, 7) is 2.32. The van der Waals surface area contributed by atoms with E-state index in [2.05, 4.69) is 10.6 Å². The van der Waals surface area contributed by atoms with E-state index in [1.54, 1.807) is 42.5 Å². The van der Waals surface area contributed by atoms with Crippen molar-refractivity contribution in [1.29, 1.82) is 0 Å². The molecule has 4 rings (SSSR count). The zero-order valence-electron chi connectivity index (χ0n) is 18.2. The number of nitrogens with one attached hydrogen (secondary N) is 2. The number of ketones is 1. The van der Waals surface area contributed by atoms with Crippen molar-refractivity contribution >= 4 is 62.6 Å². The smallest absolute Gasteiger partial charge is 0.256 e. The second kappa shape index (κ2) is 10.3. The van der Waals surface area contributed by atoms with Gasteiger partial charge in [0.1, 0.15) is 9.88 Å². The Morgan fingerprint density at radius 2 is 1.65 bits per heavy atom. The summed E-state index contributed by atoms with van der Waals surface area (Å²) in [6.07, 6.45) is 0. The summed E-state index contributed by atoms with van der Waals surface area (Å²) in [5.74, 6) is -0.637. The molecule has 172 valence electrons. The summed E-state index contributed by atoms with van der Waals surface area (Å²) < 4.78 is 0. The molecule has 8 heteroatoms. The van der Waals surface area contributed by atoms with Crippen LogP contribution in [0.25, 0.3) is 0 Å². The molecule has 4 N–H and O–H groups in total. The molecule has 1 amide bonds. The number of hydrogen-bond donors (Lipinski definition) is 3. The van der Waals surface area contributed by atoms with Crippen molar-refractivity contribution < 1.29 is 9.59 Å². The second-order valence-electron chi connectivity index (χ2n) is 7.67. The van der Waals surface area contributed by atoms with Crippen LogP contribution in [0.15, 0.2) is 72.8 Å². The molecule has 0 saturated carbocycles. The first-order valence-electron chi connectivity index (χ1n) is 10.4. The fourth-order valence-electron chi connectivity index (χ4n) is 3.33. The first-order valence-corrected chi connectivity index (χ1v) is 12.0. The van der Waals surface area contributed by atoms with E-state index in [0.717, 1.165) is 22.5 Å². The maximum atomic E-state index is 13.2. The van der Waals surface area contributed by atoms with Gasteiger partial charge >= 0.3 is 0 Å². The van der Waals surface area contributed by atoms with Gasteiger partial charge in [-0.2, -0.15) is 0 Å². The molecule has 3 aromatic carbocycles. The number of halogens is 2. The largest absolute Gasteiger partial charge is 0.397 e. The van der Waals surface area contributed by atoms with Crippen molar-refractivity contribution in [2.75, 3.05) is 11.1 Å². The van der Waals surface area contributed by atoms with Gasteiger partial charge in [-0.3, -0.25) is 9.59 Å². The van der Waals surface area contributed by atoms with Gasteiger partial charge in [0.2, 0.25) is 5.78 Å². The standard InChI is InChI=1S/C26H21Cl2N3O2S/c1-15-7-9-16(10-8-15)14-30-25(33)21-22(29)24(23(32)17-5-3-2-4-6-17)34-26(21)31-18-11-12-19(27)20(28)13-18/h2-13,31H,14,29H2,1H3,(H,30,33). The molecule has 0 atom stereocenters. The predicted molar refractivity (Wildman–Crippen MR) is 141 cm³/mol. The molecule has 34 heavy (non-hydrogen) atoms. The number of carbonyl (C=O) groups is 2. The highest BCUT2D eigenvalue weighted by molar-refractivity contribution is 7.19. The van der Waals surface area contributed by atoms with Crippen molar-refractivity contribution in [2.24, 2.45) is 0 Å². The maximum absolute atomic E-state index is 13.2. The monoisotopic (exact) mass is 509 g/mol. The lowest BCUT2D eigenvalue weighted by Gasteiger charge is -2.10. The third-order valence-electron chi connectivity index (χ3n) is 5.17. The van der Waals surface area contributed by atoms with E-state index in [1.165, 1.54) is 0 Å². The van der Waals surface area contributed by atoms with E-state index in [0.29, 0.717) is 32.8 Å². The van der Waals surface area contributed by atoms with E-state index in [-0.39, 0.29) is 27.8 Å². The minimum absolute atomic E-state index is 0.128. The summed E-state index contributed by atoms with van der Waals surface area (Å²) in [6, 6.07) is 21.7. The number of nitrogen functional groups attached to an aromatic ring is 1. The van der Waals surface area contributed by atoms with Gasteiger partial charge in [-0.15, -0.1) is 11.3 Å². The lowest BCUT2D eigenvalue weighted by atomic mass is 10.1. The minimum atomic E-state index is -0.385. The molecule has 0 saturated heterocycles. The van der Waals surface area contributed by atoms with Gasteiger partial charge < -0.3 is 16.4 Å². The summed E-state index contributed by atoms with van der Waals surface area (Å²) in [4.78, 5) is 26.7. The van der Waals surface area contributed by atoms with Gasteiger partial charge in [0, 0.05) is 17.8 Å². The summed E-state index contributed by atoms with van der Waals surface area (Å²) in [7, 11) is 0. The number of thiophene rings is 1. The quantitative estimate of drug-likeness (QED) is 0.238. The Labute approximate surface area is 211 Å². The Bertz CT molecular complexity index is 1350. The van der Waals surface area contributed by atoms with Crippen molar-refractivity contribution in [3.05, 3.63) is 110 Å². The van der Waals surface area contributed by atoms with Gasteiger partial charge in [0.15, 0.2) is 0 Å². The summed E-state index contributed by atoms with van der Waals surface area (Å²) in [5, 5.41) is 7.30. The molecule has 0 unspecified atom stereocenters. The molecule has 0 bridgehead atoms. The highest BCUT2D eigenvalue weighted by Gasteiger charge is 2.26. The molecule has 0 aliphatic rings. The molecule has 1 aromatic heterocycles. The van der Waals surface area contributed by atoms with E-state index in [1.807, 2.05) is 37.3 Å². The van der Waals surface area contributed by atoms with Gasteiger partial charge in [-0.25, -0.2) is 0 Å². The Kier molecular flexibility index (Phi) is 7.22. The van der Waals surface area contributed by atoms with Crippen LogP contribution in [0.4, 0.5) is 16.4 Å². The van der Waals surface area contributed by atoms with E-state index in [4.69, 9.17) is 28.9 Å². The van der Waals surface area contributed by atoms with Gasteiger partial charge in [-0.05, 0) is 30.7 Å². The predicted octanol–water partition coefficient (Wildman–Crippen LogP) is 6.85. The molecule has 1 heterocycles. The summed E-state index contributed by atoms with van der Waals surface area (Å²) in [5.41, 5.74) is 9.91. The van der Waals surface area contributed by atoms with E-state index >= 15 is 0 Å². The Morgan fingerprint density at radius 1 is 0.941 bits per heavy atom. The highest BCUT2D eigenvalue weighted by Crippen LogP contribution is 2.39. The van der Waals surface area contributed by atoms with Crippen LogP contribution in [0.2, 0.25) is 10.0 Å².